The molecular formula is C23H24N3. The SMILES string of the molecule is CNCC[C@H](c1ccccc1)N1[CH]N(c2ccccc2)c2ccccc21. The van der Waals surface area contributed by atoms with Crippen molar-refractivity contribution in [2.75, 3.05) is 23.4 Å². The molecule has 1 aliphatic heterocycles. The number of fused-ring (bicyclic) bond motifs is 1. The maximum Gasteiger partial charge on any atom is 0.147 e. The van der Waals surface area contributed by atoms with Crippen LogP contribution in [-0.2, 0) is 0 Å². The van der Waals surface area contributed by atoms with Crippen LogP contribution in [-0.4, -0.2) is 13.6 Å². The van der Waals surface area contributed by atoms with Crippen LogP contribution in [0.15, 0.2) is 84.9 Å². The average molecular weight is 342 g/mol. The Labute approximate surface area is 155 Å². The second kappa shape index (κ2) is 7.63. The lowest BCUT2D eigenvalue weighted by atomic mass is 10.0. The van der Waals surface area contributed by atoms with Gasteiger partial charge in [-0.1, -0.05) is 60.7 Å². The number of anilines is 3. The van der Waals surface area contributed by atoms with E-state index in [0.717, 1.165) is 13.0 Å². The predicted molar refractivity (Wildman–Crippen MR) is 110 cm³/mol. The molecule has 0 saturated carbocycles. The van der Waals surface area contributed by atoms with E-state index in [1.807, 2.05) is 7.05 Å². The fourth-order valence-electron chi connectivity index (χ4n) is 3.60. The first-order valence-corrected chi connectivity index (χ1v) is 9.14. The molecule has 0 amide bonds. The molecule has 0 spiro atoms. The van der Waals surface area contributed by atoms with Crippen molar-refractivity contribution in [3.05, 3.63) is 97.2 Å². The summed E-state index contributed by atoms with van der Waals surface area (Å²) in [7, 11) is 2.01. The molecule has 1 radical (unpaired) electrons. The molecule has 4 rings (SSSR count). The first-order chi connectivity index (χ1) is 12.9. The molecule has 0 fully saturated rings. The second-order valence-corrected chi connectivity index (χ2v) is 6.54. The lowest BCUT2D eigenvalue weighted by Gasteiger charge is -2.30. The van der Waals surface area contributed by atoms with Crippen molar-refractivity contribution in [3.8, 4) is 0 Å². The van der Waals surface area contributed by atoms with Gasteiger partial charge in [0, 0.05) is 5.69 Å². The summed E-state index contributed by atoms with van der Waals surface area (Å²) in [6.07, 6.45) is 1.04. The fraction of sp³-hybridized carbons (Fsp3) is 0.174. The molecule has 0 aromatic heterocycles. The third kappa shape index (κ3) is 3.18. The average Bonchev–Trinajstić information content (AvgIpc) is 3.10. The molecule has 0 saturated heterocycles. The molecule has 1 aliphatic rings. The zero-order valence-corrected chi connectivity index (χ0v) is 15.0. The minimum absolute atomic E-state index is 0.290. The number of nitrogens with one attached hydrogen (secondary N) is 1. The summed E-state index contributed by atoms with van der Waals surface area (Å²) in [5, 5.41) is 3.30. The van der Waals surface area contributed by atoms with Crippen molar-refractivity contribution >= 4 is 17.1 Å². The van der Waals surface area contributed by atoms with Gasteiger partial charge < -0.3 is 15.1 Å². The van der Waals surface area contributed by atoms with Crippen LogP contribution in [0.3, 0.4) is 0 Å². The van der Waals surface area contributed by atoms with Crippen molar-refractivity contribution in [2.45, 2.75) is 12.5 Å². The van der Waals surface area contributed by atoms with E-state index in [1.54, 1.807) is 0 Å². The molecule has 3 aromatic rings. The van der Waals surface area contributed by atoms with Gasteiger partial charge in [0.1, 0.15) is 6.67 Å². The van der Waals surface area contributed by atoms with E-state index in [1.165, 1.54) is 22.6 Å². The van der Waals surface area contributed by atoms with Crippen LogP contribution in [0, 0.1) is 6.67 Å². The van der Waals surface area contributed by atoms with Crippen molar-refractivity contribution in [2.24, 2.45) is 0 Å². The van der Waals surface area contributed by atoms with Gasteiger partial charge in [0.25, 0.3) is 0 Å². The van der Waals surface area contributed by atoms with Crippen LogP contribution in [0.4, 0.5) is 17.1 Å². The van der Waals surface area contributed by atoms with E-state index in [2.05, 4.69) is 107 Å². The Bertz CT molecular complexity index is 832. The van der Waals surface area contributed by atoms with E-state index in [-0.39, 0.29) is 0 Å². The molecule has 1 heterocycles. The highest BCUT2D eigenvalue weighted by atomic mass is 15.4. The molecule has 0 unspecified atom stereocenters. The minimum Gasteiger partial charge on any atom is -0.339 e. The van der Waals surface area contributed by atoms with Crippen molar-refractivity contribution < 1.29 is 0 Å². The van der Waals surface area contributed by atoms with E-state index in [9.17, 15) is 0 Å². The van der Waals surface area contributed by atoms with E-state index >= 15 is 0 Å². The van der Waals surface area contributed by atoms with Gasteiger partial charge in [-0.15, -0.1) is 0 Å². The summed E-state index contributed by atoms with van der Waals surface area (Å²) in [4.78, 5) is 4.69. The summed E-state index contributed by atoms with van der Waals surface area (Å²) < 4.78 is 0. The third-order valence-corrected chi connectivity index (χ3v) is 4.88. The molecule has 3 aromatic carbocycles. The summed E-state index contributed by atoms with van der Waals surface area (Å²) in [5.41, 5.74) is 5.00. The van der Waals surface area contributed by atoms with Crippen molar-refractivity contribution in [1.82, 2.24) is 5.32 Å². The summed E-state index contributed by atoms with van der Waals surface area (Å²) in [6, 6.07) is 30.2. The van der Waals surface area contributed by atoms with E-state index in [4.69, 9.17) is 0 Å². The summed E-state index contributed by atoms with van der Waals surface area (Å²) in [5.74, 6) is 0. The van der Waals surface area contributed by atoms with Crippen molar-refractivity contribution in [3.63, 3.8) is 0 Å². The molecule has 131 valence electrons. The number of hydrogen-bond donors (Lipinski definition) is 1. The quantitative estimate of drug-likeness (QED) is 0.671. The highest BCUT2D eigenvalue weighted by Crippen LogP contribution is 2.46. The highest BCUT2D eigenvalue weighted by molar-refractivity contribution is 5.85. The maximum atomic E-state index is 3.30. The standard InChI is InChI=1S/C23H24N3/c1-24-17-16-21(19-10-4-2-5-11-19)26-18-25(20-12-6-3-7-13-20)22-14-8-9-15-23(22)26/h2-15,18,21,24H,16-17H2,1H3/t21-/m1/s1. The Morgan fingerprint density at radius 3 is 2.08 bits per heavy atom. The normalized spacial score (nSPS) is 14.3. The van der Waals surface area contributed by atoms with Gasteiger partial charge in [-0.3, -0.25) is 0 Å². The van der Waals surface area contributed by atoms with Crippen LogP contribution in [0.25, 0.3) is 0 Å². The number of hydrogen-bond acceptors (Lipinski definition) is 3. The number of benzene rings is 3. The van der Waals surface area contributed by atoms with Gasteiger partial charge in [0.15, 0.2) is 0 Å². The lowest BCUT2D eigenvalue weighted by Crippen LogP contribution is -2.29. The topological polar surface area (TPSA) is 18.5 Å². The van der Waals surface area contributed by atoms with Crippen LogP contribution >= 0.6 is 0 Å². The molecule has 1 N–H and O–H groups in total. The Hall–Kier alpha value is -2.78. The smallest absolute Gasteiger partial charge is 0.147 e. The zero-order valence-electron chi connectivity index (χ0n) is 15.0. The number of para-hydroxylation sites is 3. The lowest BCUT2D eigenvalue weighted by molar-refractivity contribution is 0.589. The van der Waals surface area contributed by atoms with Gasteiger partial charge in [-0.25, -0.2) is 0 Å². The molecule has 3 heteroatoms. The number of rotatable bonds is 6. The summed E-state index contributed by atoms with van der Waals surface area (Å²) >= 11 is 0. The first kappa shape index (κ1) is 16.7. The Morgan fingerprint density at radius 2 is 1.38 bits per heavy atom. The second-order valence-electron chi connectivity index (χ2n) is 6.54. The maximum absolute atomic E-state index is 3.30. The first-order valence-electron chi connectivity index (χ1n) is 9.14. The molecular weight excluding hydrogens is 318 g/mol. The van der Waals surface area contributed by atoms with Gasteiger partial charge in [0.05, 0.1) is 17.4 Å². The van der Waals surface area contributed by atoms with Gasteiger partial charge in [-0.05, 0) is 49.8 Å². The monoisotopic (exact) mass is 342 g/mol. The third-order valence-electron chi connectivity index (χ3n) is 4.88. The van der Waals surface area contributed by atoms with Gasteiger partial charge >= 0.3 is 0 Å². The highest BCUT2D eigenvalue weighted by Gasteiger charge is 2.32. The minimum atomic E-state index is 0.290. The Morgan fingerprint density at radius 1 is 0.769 bits per heavy atom. The van der Waals surface area contributed by atoms with Crippen LogP contribution in [0.5, 0.6) is 0 Å². The fourth-order valence-corrected chi connectivity index (χ4v) is 3.60. The van der Waals surface area contributed by atoms with Gasteiger partial charge in [0.2, 0.25) is 0 Å². The molecule has 0 bridgehead atoms. The molecule has 0 aliphatic carbocycles. The zero-order chi connectivity index (χ0) is 17.8. The predicted octanol–water partition coefficient (Wildman–Crippen LogP) is 5.11. The largest absolute Gasteiger partial charge is 0.339 e. The summed E-state index contributed by atoms with van der Waals surface area (Å²) in [6.45, 7) is 3.21. The van der Waals surface area contributed by atoms with E-state index in [0.29, 0.717) is 6.04 Å². The number of nitrogens with zero attached hydrogens (tertiary/aromatic N) is 2. The van der Waals surface area contributed by atoms with Crippen molar-refractivity contribution in [1.29, 1.82) is 0 Å². The molecule has 26 heavy (non-hydrogen) atoms. The molecule has 3 nitrogen and oxygen atoms in total. The van der Waals surface area contributed by atoms with Crippen LogP contribution in [0.1, 0.15) is 18.0 Å². The Balaban J connectivity index is 1.73. The van der Waals surface area contributed by atoms with Crippen LogP contribution < -0.4 is 15.1 Å². The molecule has 1 atom stereocenters. The Kier molecular flexibility index (Phi) is 4.89. The van der Waals surface area contributed by atoms with Gasteiger partial charge in [-0.2, -0.15) is 0 Å². The van der Waals surface area contributed by atoms with Crippen LogP contribution in [0.2, 0.25) is 0 Å². The van der Waals surface area contributed by atoms with E-state index < -0.39 is 0 Å².